The van der Waals surface area contributed by atoms with Crippen molar-refractivity contribution in [3.05, 3.63) is 16.4 Å². The molecule has 1 saturated heterocycles. The summed E-state index contributed by atoms with van der Waals surface area (Å²) in [7, 11) is 1.72. The summed E-state index contributed by atoms with van der Waals surface area (Å²) in [6.07, 6.45) is 1.18. The predicted molar refractivity (Wildman–Crippen MR) is 69.8 cm³/mol. The fourth-order valence-corrected chi connectivity index (χ4v) is 2.27. The van der Waals surface area contributed by atoms with Crippen molar-refractivity contribution >= 4 is 11.6 Å². The number of aromatic amines is 1. The van der Waals surface area contributed by atoms with Crippen LogP contribution in [0.4, 0.5) is 0 Å². The number of methoxy groups -OCH3 is 1. The maximum Gasteiger partial charge on any atom is 0.0951 e. The summed E-state index contributed by atoms with van der Waals surface area (Å²) in [5.74, 6) is 0. The highest BCUT2D eigenvalue weighted by molar-refractivity contribution is 6.31. The molecule has 0 aliphatic carbocycles. The van der Waals surface area contributed by atoms with E-state index in [1.165, 1.54) is 0 Å². The molecule has 2 heterocycles. The molecule has 0 spiro atoms. The average Bonchev–Trinajstić information content (AvgIpc) is 2.69. The number of aromatic nitrogens is 2. The van der Waals surface area contributed by atoms with Gasteiger partial charge in [-0.2, -0.15) is 5.10 Å². The maximum atomic E-state index is 6.18. The van der Waals surface area contributed by atoms with Crippen LogP contribution in [0.1, 0.15) is 17.8 Å². The van der Waals surface area contributed by atoms with Crippen molar-refractivity contribution in [2.24, 2.45) is 0 Å². The molecule has 102 valence electrons. The van der Waals surface area contributed by atoms with Crippen molar-refractivity contribution in [1.82, 2.24) is 15.1 Å². The van der Waals surface area contributed by atoms with Crippen LogP contribution in [0.5, 0.6) is 0 Å². The van der Waals surface area contributed by atoms with E-state index in [4.69, 9.17) is 21.1 Å². The highest BCUT2D eigenvalue weighted by Crippen LogP contribution is 2.20. The Morgan fingerprint density at radius 3 is 3.11 bits per heavy atom. The molecule has 18 heavy (non-hydrogen) atoms. The number of rotatable bonds is 5. The van der Waals surface area contributed by atoms with Crippen LogP contribution >= 0.6 is 11.6 Å². The predicted octanol–water partition coefficient (Wildman–Crippen LogP) is 1.61. The number of H-pyrrole nitrogens is 1. The van der Waals surface area contributed by atoms with E-state index in [0.29, 0.717) is 0 Å². The van der Waals surface area contributed by atoms with E-state index in [0.717, 1.165) is 55.7 Å². The molecular weight excluding hydrogens is 254 g/mol. The zero-order valence-corrected chi connectivity index (χ0v) is 11.7. The van der Waals surface area contributed by atoms with Gasteiger partial charge in [0, 0.05) is 33.4 Å². The summed E-state index contributed by atoms with van der Waals surface area (Å²) in [6, 6.07) is 0. The molecule has 0 aromatic carbocycles. The minimum atomic E-state index is 0.248. The minimum absolute atomic E-state index is 0.248. The standard InChI is InChI=1S/C12H20ClN3O2/c1-9-12(13)11(15-14-9)8-16-4-6-18-10(7-16)3-5-17-2/h10H,3-8H2,1-2H3,(H,14,15). The lowest BCUT2D eigenvalue weighted by atomic mass is 10.2. The second kappa shape index (κ2) is 6.52. The molecule has 1 aromatic rings. The number of morpholine rings is 1. The monoisotopic (exact) mass is 273 g/mol. The van der Waals surface area contributed by atoms with E-state index < -0.39 is 0 Å². The first-order chi connectivity index (χ1) is 8.70. The molecule has 0 amide bonds. The van der Waals surface area contributed by atoms with Crippen molar-refractivity contribution in [1.29, 1.82) is 0 Å². The molecule has 1 fully saturated rings. The van der Waals surface area contributed by atoms with Crippen molar-refractivity contribution in [3.63, 3.8) is 0 Å². The third-order valence-corrected chi connectivity index (χ3v) is 3.68. The summed E-state index contributed by atoms with van der Waals surface area (Å²) in [5, 5.41) is 7.89. The molecule has 1 unspecified atom stereocenters. The quantitative estimate of drug-likeness (QED) is 0.886. The Morgan fingerprint density at radius 1 is 1.61 bits per heavy atom. The second-order valence-corrected chi connectivity index (χ2v) is 5.00. The van der Waals surface area contributed by atoms with E-state index in [-0.39, 0.29) is 6.10 Å². The first-order valence-corrected chi connectivity index (χ1v) is 6.60. The van der Waals surface area contributed by atoms with Crippen LogP contribution in [0, 0.1) is 6.92 Å². The summed E-state index contributed by atoms with van der Waals surface area (Å²) < 4.78 is 10.8. The Bertz CT molecular complexity index is 383. The van der Waals surface area contributed by atoms with Crippen molar-refractivity contribution in [2.45, 2.75) is 26.0 Å². The van der Waals surface area contributed by atoms with Crippen LogP contribution in [0.2, 0.25) is 5.02 Å². The number of halogens is 1. The number of nitrogens with one attached hydrogen (secondary N) is 1. The highest BCUT2D eigenvalue weighted by atomic mass is 35.5. The SMILES string of the molecule is COCCC1CN(Cc2n[nH]c(C)c2Cl)CCO1. The van der Waals surface area contributed by atoms with Crippen molar-refractivity contribution in [3.8, 4) is 0 Å². The van der Waals surface area contributed by atoms with Crippen LogP contribution < -0.4 is 0 Å². The van der Waals surface area contributed by atoms with E-state index in [9.17, 15) is 0 Å². The molecule has 1 aromatic heterocycles. The Balaban J connectivity index is 1.87. The van der Waals surface area contributed by atoms with Crippen LogP contribution in [0.3, 0.4) is 0 Å². The molecule has 0 bridgehead atoms. The van der Waals surface area contributed by atoms with Gasteiger partial charge in [0.25, 0.3) is 0 Å². The Morgan fingerprint density at radius 2 is 2.44 bits per heavy atom. The fourth-order valence-electron chi connectivity index (χ4n) is 2.13. The van der Waals surface area contributed by atoms with E-state index in [1.54, 1.807) is 7.11 Å². The minimum Gasteiger partial charge on any atom is -0.385 e. The van der Waals surface area contributed by atoms with Gasteiger partial charge in [-0.1, -0.05) is 11.6 Å². The number of nitrogens with zero attached hydrogens (tertiary/aromatic N) is 2. The number of hydrogen-bond acceptors (Lipinski definition) is 4. The molecular formula is C12H20ClN3O2. The van der Waals surface area contributed by atoms with E-state index in [1.807, 2.05) is 6.92 Å². The molecule has 0 radical (unpaired) electrons. The van der Waals surface area contributed by atoms with Gasteiger partial charge >= 0.3 is 0 Å². The Labute approximate surface area is 112 Å². The fraction of sp³-hybridized carbons (Fsp3) is 0.750. The molecule has 0 saturated carbocycles. The summed E-state index contributed by atoms with van der Waals surface area (Å²) >= 11 is 6.18. The van der Waals surface area contributed by atoms with E-state index in [2.05, 4.69) is 15.1 Å². The lowest BCUT2D eigenvalue weighted by molar-refractivity contribution is -0.0435. The Kier molecular flexibility index (Phi) is 5.00. The van der Waals surface area contributed by atoms with E-state index >= 15 is 0 Å². The van der Waals surface area contributed by atoms with Crippen molar-refractivity contribution < 1.29 is 9.47 Å². The number of aryl methyl sites for hydroxylation is 1. The van der Waals surface area contributed by atoms with Gasteiger partial charge in [-0.3, -0.25) is 10.00 Å². The zero-order valence-electron chi connectivity index (χ0n) is 10.9. The van der Waals surface area contributed by atoms with Crippen LogP contribution in [0.25, 0.3) is 0 Å². The van der Waals surface area contributed by atoms with Gasteiger partial charge in [-0.05, 0) is 13.3 Å². The first kappa shape index (κ1) is 13.8. The average molecular weight is 274 g/mol. The topological polar surface area (TPSA) is 50.4 Å². The summed E-state index contributed by atoms with van der Waals surface area (Å²) in [6.45, 7) is 6.03. The van der Waals surface area contributed by atoms with Gasteiger partial charge in [0.15, 0.2) is 0 Å². The zero-order chi connectivity index (χ0) is 13.0. The molecule has 5 nitrogen and oxygen atoms in total. The van der Waals surface area contributed by atoms with Crippen LogP contribution in [-0.4, -0.2) is 54.6 Å². The summed E-state index contributed by atoms with van der Waals surface area (Å²) in [4.78, 5) is 2.32. The normalized spacial score (nSPS) is 21.4. The van der Waals surface area contributed by atoms with Gasteiger partial charge in [-0.15, -0.1) is 0 Å². The van der Waals surface area contributed by atoms with Gasteiger partial charge in [0.05, 0.1) is 29.1 Å². The van der Waals surface area contributed by atoms with Crippen molar-refractivity contribution in [2.75, 3.05) is 33.4 Å². The Hall–Kier alpha value is -0.620. The van der Waals surface area contributed by atoms with Crippen LogP contribution in [0.15, 0.2) is 0 Å². The first-order valence-electron chi connectivity index (χ1n) is 6.23. The molecule has 1 N–H and O–H groups in total. The van der Waals surface area contributed by atoms with Crippen LogP contribution in [-0.2, 0) is 16.0 Å². The highest BCUT2D eigenvalue weighted by Gasteiger charge is 2.22. The lowest BCUT2D eigenvalue weighted by Gasteiger charge is -2.32. The van der Waals surface area contributed by atoms with Gasteiger partial charge in [0.2, 0.25) is 0 Å². The van der Waals surface area contributed by atoms with Gasteiger partial charge in [0.1, 0.15) is 0 Å². The maximum absolute atomic E-state index is 6.18. The largest absolute Gasteiger partial charge is 0.385 e. The smallest absolute Gasteiger partial charge is 0.0951 e. The van der Waals surface area contributed by atoms with Gasteiger partial charge < -0.3 is 9.47 Å². The summed E-state index contributed by atoms with van der Waals surface area (Å²) in [5.41, 5.74) is 1.84. The second-order valence-electron chi connectivity index (χ2n) is 4.62. The third-order valence-electron chi connectivity index (χ3n) is 3.18. The number of ether oxygens (including phenoxy) is 2. The molecule has 2 rings (SSSR count). The lowest BCUT2D eigenvalue weighted by Crippen LogP contribution is -2.42. The molecule has 6 heteroatoms. The third kappa shape index (κ3) is 3.45. The van der Waals surface area contributed by atoms with Gasteiger partial charge in [-0.25, -0.2) is 0 Å². The number of hydrogen-bond donors (Lipinski definition) is 1. The molecule has 1 aliphatic rings. The molecule has 1 aliphatic heterocycles. The molecule has 1 atom stereocenters.